The van der Waals surface area contributed by atoms with Crippen molar-refractivity contribution < 1.29 is 4.79 Å². The van der Waals surface area contributed by atoms with E-state index in [-0.39, 0.29) is 5.91 Å². The van der Waals surface area contributed by atoms with Crippen molar-refractivity contribution in [2.24, 2.45) is 0 Å². The number of anilines is 1. The Morgan fingerprint density at radius 3 is 2.52 bits per heavy atom. The molecule has 0 atom stereocenters. The molecular weight excluding hydrogens is 264 g/mol. The highest BCUT2D eigenvalue weighted by atomic mass is 16.2. The maximum absolute atomic E-state index is 12.3. The molecule has 1 amide bonds. The molecule has 2 heterocycles. The number of rotatable bonds is 6. The number of amides is 1. The van der Waals surface area contributed by atoms with Gasteiger partial charge in [0.2, 0.25) is 0 Å². The maximum atomic E-state index is 12.3. The summed E-state index contributed by atoms with van der Waals surface area (Å²) in [5.74, 6) is -0.0347. The third-order valence-corrected chi connectivity index (χ3v) is 3.28. The van der Waals surface area contributed by atoms with Crippen LogP contribution < -0.4 is 5.32 Å². The standard InChI is InChI=1S/C16H20N4O/c1-3-20(4-2)16(21)15-11-14(7-10-18-15)19-12-13-5-8-17-9-6-13/h5-11H,3-4,12H2,1-2H3,(H,18,19). The third-order valence-electron chi connectivity index (χ3n) is 3.28. The fourth-order valence-electron chi connectivity index (χ4n) is 2.04. The van der Waals surface area contributed by atoms with Gasteiger partial charge in [-0.25, -0.2) is 0 Å². The monoisotopic (exact) mass is 284 g/mol. The van der Waals surface area contributed by atoms with E-state index >= 15 is 0 Å². The largest absolute Gasteiger partial charge is 0.381 e. The van der Waals surface area contributed by atoms with E-state index in [9.17, 15) is 4.79 Å². The lowest BCUT2D eigenvalue weighted by molar-refractivity contribution is 0.0767. The van der Waals surface area contributed by atoms with Crippen molar-refractivity contribution in [3.05, 3.63) is 54.1 Å². The summed E-state index contributed by atoms with van der Waals surface area (Å²) in [6.45, 7) is 5.99. The predicted molar refractivity (Wildman–Crippen MR) is 83.1 cm³/mol. The van der Waals surface area contributed by atoms with Crippen molar-refractivity contribution in [1.29, 1.82) is 0 Å². The summed E-state index contributed by atoms with van der Waals surface area (Å²) < 4.78 is 0. The zero-order valence-corrected chi connectivity index (χ0v) is 12.4. The summed E-state index contributed by atoms with van der Waals surface area (Å²) in [6, 6.07) is 7.56. The number of hydrogen-bond acceptors (Lipinski definition) is 4. The zero-order chi connectivity index (χ0) is 15.1. The van der Waals surface area contributed by atoms with Crippen LogP contribution in [-0.2, 0) is 6.54 Å². The van der Waals surface area contributed by atoms with Crippen LogP contribution in [0.15, 0.2) is 42.9 Å². The molecular formula is C16H20N4O. The molecule has 110 valence electrons. The molecule has 0 aromatic carbocycles. The van der Waals surface area contributed by atoms with Crippen molar-refractivity contribution in [3.8, 4) is 0 Å². The van der Waals surface area contributed by atoms with Crippen LogP contribution in [-0.4, -0.2) is 33.9 Å². The van der Waals surface area contributed by atoms with Crippen molar-refractivity contribution in [3.63, 3.8) is 0 Å². The van der Waals surface area contributed by atoms with Gasteiger partial charge >= 0.3 is 0 Å². The van der Waals surface area contributed by atoms with Crippen LogP contribution in [0.4, 0.5) is 5.69 Å². The van der Waals surface area contributed by atoms with Crippen molar-refractivity contribution in [2.75, 3.05) is 18.4 Å². The summed E-state index contributed by atoms with van der Waals surface area (Å²) in [5.41, 5.74) is 2.49. The van der Waals surface area contributed by atoms with Crippen LogP contribution in [0.5, 0.6) is 0 Å². The van der Waals surface area contributed by atoms with E-state index in [2.05, 4.69) is 15.3 Å². The van der Waals surface area contributed by atoms with Gasteiger partial charge in [-0.15, -0.1) is 0 Å². The zero-order valence-electron chi connectivity index (χ0n) is 12.4. The second-order valence-electron chi connectivity index (χ2n) is 4.62. The molecule has 0 unspecified atom stereocenters. The van der Waals surface area contributed by atoms with Gasteiger partial charge in [0.1, 0.15) is 5.69 Å². The molecule has 0 aliphatic heterocycles. The van der Waals surface area contributed by atoms with Gasteiger partial charge in [-0.2, -0.15) is 0 Å². The first-order valence-corrected chi connectivity index (χ1v) is 7.12. The lowest BCUT2D eigenvalue weighted by atomic mass is 10.2. The Balaban J connectivity index is 2.05. The minimum atomic E-state index is -0.0347. The van der Waals surface area contributed by atoms with E-state index in [0.717, 1.165) is 11.3 Å². The van der Waals surface area contributed by atoms with E-state index < -0.39 is 0 Å². The highest BCUT2D eigenvalue weighted by Crippen LogP contribution is 2.11. The van der Waals surface area contributed by atoms with Gasteiger partial charge in [0.15, 0.2) is 0 Å². The molecule has 0 saturated carbocycles. The van der Waals surface area contributed by atoms with Crippen molar-refractivity contribution >= 4 is 11.6 Å². The van der Waals surface area contributed by atoms with Crippen LogP contribution in [0.25, 0.3) is 0 Å². The van der Waals surface area contributed by atoms with E-state index in [1.54, 1.807) is 29.6 Å². The van der Waals surface area contributed by atoms with E-state index in [4.69, 9.17) is 0 Å². The molecule has 0 radical (unpaired) electrons. The molecule has 2 aromatic heterocycles. The molecule has 21 heavy (non-hydrogen) atoms. The lowest BCUT2D eigenvalue weighted by Crippen LogP contribution is -2.31. The van der Waals surface area contributed by atoms with Gasteiger partial charge in [-0.05, 0) is 43.7 Å². The number of aromatic nitrogens is 2. The summed E-state index contributed by atoms with van der Waals surface area (Å²) in [4.78, 5) is 22.2. The van der Waals surface area contributed by atoms with Gasteiger partial charge in [0.25, 0.3) is 5.91 Å². The SMILES string of the molecule is CCN(CC)C(=O)c1cc(NCc2ccncc2)ccn1. The summed E-state index contributed by atoms with van der Waals surface area (Å²) in [6.07, 6.45) is 5.18. The molecule has 1 N–H and O–H groups in total. The summed E-state index contributed by atoms with van der Waals surface area (Å²) >= 11 is 0. The second kappa shape index (κ2) is 7.38. The van der Waals surface area contributed by atoms with E-state index in [1.165, 1.54) is 0 Å². The molecule has 5 nitrogen and oxygen atoms in total. The number of nitrogens with one attached hydrogen (secondary N) is 1. The Hall–Kier alpha value is -2.43. The van der Waals surface area contributed by atoms with Crippen LogP contribution in [0.1, 0.15) is 29.9 Å². The van der Waals surface area contributed by atoms with Crippen LogP contribution in [0, 0.1) is 0 Å². The number of pyridine rings is 2. The topological polar surface area (TPSA) is 58.1 Å². The fraction of sp³-hybridized carbons (Fsp3) is 0.312. The van der Waals surface area contributed by atoms with Crippen LogP contribution in [0.3, 0.4) is 0 Å². The first kappa shape index (κ1) is 15.0. The fourth-order valence-corrected chi connectivity index (χ4v) is 2.04. The second-order valence-corrected chi connectivity index (χ2v) is 4.62. The molecule has 0 fully saturated rings. The molecule has 0 aliphatic carbocycles. The maximum Gasteiger partial charge on any atom is 0.272 e. The normalized spacial score (nSPS) is 10.2. The lowest BCUT2D eigenvalue weighted by Gasteiger charge is -2.18. The van der Waals surface area contributed by atoms with Gasteiger partial charge in [-0.1, -0.05) is 0 Å². The van der Waals surface area contributed by atoms with Gasteiger partial charge in [0, 0.05) is 43.9 Å². The van der Waals surface area contributed by atoms with E-state index in [0.29, 0.717) is 25.3 Å². The van der Waals surface area contributed by atoms with Gasteiger partial charge < -0.3 is 10.2 Å². The highest BCUT2D eigenvalue weighted by molar-refractivity contribution is 5.93. The Bertz CT molecular complexity index is 582. The number of hydrogen-bond donors (Lipinski definition) is 1. The molecule has 0 aliphatic rings. The molecule has 2 rings (SSSR count). The first-order chi connectivity index (χ1) is 10.2. The first-order valence-electron chi connectivity index (χ1n) is 7.12. The van der Waals surface area contributed by atoms with Crippen molar-refractivity contribution in [1.82, 2.24) is 14.9 Å². The predicted octanol–water partition coefficient (Wildman–Crippen LogP) is 2.57. The smallest absolute Gasteiger partial charge is 0.272 e. The summed E-state index contributed by atoms with van der Waals surface area (Å²) in [7, 11) is 0. The number of carbonyl (C=O) groups excluding carboxylic acids is 1. The molecule has 0 spiro atoms. The Morgan fingerprint density at radius 2 is 1.86 bits per heavy atom. The third kappa shape index (κ3) is 4.02. The molecule has 2 aromatic rings. The summed E-state index contributed by atoms with van der Waals surface area (Å²) in [5, 5.41) is 3.29. The van der Waals surface area contributed by atoms with Crippen molar-refractivity contribution in [2.45, 2.75) is 20.4 Å². The van der Waals surface area contributed by atoms with Crippen LogP contribution >= 0.6 is 0 Å². The van der Waals surface area contributed by atoms with Gasteiger partial charge in [-0.3, -0.25) is 14.8 Å². The number of carbonyl (C=O) groups is 1. The quantitative estimate of drug-likeness (QED) is 0.885. The Kier molecular flexibility index (Phi) is 5.26. The Morgan fingerprint density at radius 1 is 1.14 bits per heavy atom. The van der Waals surface area contributed by atoms with Crippen LogP contribution in [0.2, 0.25) is 0 Å². The molecule has 5 heteroatoms. The average molecular weight is 284 g/mol. The highest BCUT2D eigenvalue weighted by Gasteiger charge is 2.13. The molecule has 0 saturated heterocycles. The minimum Gasteiger partial charge on any atom is -0.381 e. The average Bonchev–Trinajstić information content (AvgIpc) is 2.55. The number of nitrogens with zero attached hydrogens (tertiary/aromatic N) is 3. The Labute approximate surface area is 125 Å². The minimum absolute atomic E-state index is 0.0347. The molecule has 0 bridgehead atoms. The van der Waals surface area contributed by atoms with Gasteiger partial charge in [0.05, 0.1) is 0 Å². The van der Waals surface area contributed by atoms with E-state index in [1.807, 2.05) is 32.0 Å².